The van der Waals surface area contributed by atoms with E-state index in [-0.39, 0.29) is 18.4 Å². The molecule has 0 spiro atoms. The molecule has 3 nitrogen and oxygen atoms in total. The van der Waals surface area contributed by atoms with Crippen LogP contribution in [0.25, 0.3) is 0 Å². The summed E-state index contributed by atoms with van der Waals surface area (Å²) >= 11 is 0. The third-order valence-corrected chi connectivity index (χ3v) is 2.11. The molecule has 0 fully saturated rings. The van der Waals surface area contributed by atoms with Crippen molar-refractivity contribution in [1.82, 2.24) is 0 Å². The van der Waals surface area contributed by atoms with Crippen LogP contribution in [-0.4, -0.2) is 18.4 Å². The van der Waals surface area contributed by atoms with Crippen LogP contribution in [0.1, 0.15) is 24.2 Å². The fraction of sp³-hybridized carbons (Fsp3) is 0.231. The Morgan fingerprint density at radius 1 is 1.38 bits per heavy atom. The average molecular weight is 220 g/mol. The van der Waals surface area contributed by atoms with Crippen molar-refractivity contribution in [2.45, 2.75) is 13.8 Å². The molecule has 0 bridgehead atoms. The molecule has 84 valence electrons. The minimum atomic E-state index is -0.389. The molecule has 1 aromatic rings. The Hall–Kier alpha value is -1.90. The molecular weight excluding hydrogens is 206 g/mol. The van der Waals surface area contributed by atoms with Crippen LogP contribution < -0.4 is 0 Å². The van der Waals surface area contributed by atoms with Gasteiger partial charge in [-0.05, 0) is 6.92 Å². The van der Waals surface area contributed by atoms with Crippen LogP contribution in [0.2, 0.25) is 0 Å². The molecule has 0 aliphatic carbocycles. The molecule has 0 aliphatic heterocycles. The molecule has 0 atom stereocenters. The first-order valence-corrected chi connectivity index (χ1v) is 5.03. The molecule has 0 N–H and O–H groups in total. The van der Waals surface area contributed by atoms with Crippen LogP contribution in [-0.2, 0) is 9.53 Å². The maximum absolute atomic E-state index is 11.9. The summed E-state index contributed by atoms with van der Waals surface area (Å²) in [7, 11) is 0. The molecule has 0 aromatic heterocycles. The van der Waals surface area contributed by atoms with E-state index in [1.807, 2.05) is 6.07 Å². The number of carbonyl (C=O) groups excluding carboxylic acids is 2. The van der Waals surface area contributed by atoms with E-state index >= 15 is 0 Å². The first-order valence-electron chi connectivity index (χ1n) is 5.03. The van der Waals surface area contributed by atoms with Gasteiger partial charge in [0.05, 0.1) is 0 Å². The lowest BCUT2D eigenvalue weighted by molar-refractivity contribution is -0.139. The maximum Gasteiger partial charge on any atom is 0.302 e. The molecule has 1 aromatic carbocycles. The molecule has 3 heteroatoms. The molecule has 0 radical (unpaired) electrons. The zero-order valence-corrected chi connectivity index (χ0v) is 9.40. The largest absolute Gasteiger partial charge is 0.461 e. The molecule has 0 aliphatic rings. The highest BCUT2D eigenvalue weighted by Crippen LogP contribution is 2.08. The van der Waals surface area contributed by atoms with E-state index in [1.165, 1.54) is 6.92 Å². The van der Waals surface area contributed by atoms with E-state index in [0.717, 1.165) is 0 Å². The first kappa shape index (κ1) is 12.2. The van der Waals surface area contributed by atoms with Crippen molar-refractivity contribution in [3.05, 3.63) is 47.5 Å². The Morgan fingerprint density at radius 3 is 2.50 bits per heavy atom. The fourth-order valence-corrected chi connectivity index (χ4v) is 1.23. The number of hydrogen-bond donors (Lipinski definition) is 0. The van der Waals surface area contributed by atoms with E-state index < -0.39 is 0 Å². The monoisotopic (exact) mass is 220 g/mol. The second-order valence-corrected chi connectivity index (χ2v) is 3.29. The van der Waals surface area contributed by atoms with Crippen molar-refractivity contribution in [1.29, 1.82) is 0 Å². The third kappa shape index (κ3) is 3.35. The first-order chi connectivity index (χ1) is 7.65. The van der Waals surface area contributed by atoms with Gasteiger partial charge in [-0.25, -0.2) is 0 Å². The molecule has 0 amide bonds. The number of rotatable bonds is 4. The molecule has 16 heavy (non-hydrogen) atoms. The minimum absolute atomic E-state index is 0.0273. The van der Waals surface area contributed by atoms with Crippen LogP contribution in [0.4, 0.5) is 0 Å². The molecule has 1 rings (SSSR count). The normalized spacial score (nSPS) is 11.0. The average Bonchev–Trinajstić information content (AvgIpc) is 2.30. The Labute approximate surface area is 94.7 Å². The zero-order valence-electron chi connectivity index (χ0n) is 9.40. The van der Waals surface area contributed by atoms with Gasteiger partial charge in [-0.15, -0.1) is 0 Å². The summed E-state index contributed by atoms with van der Waals surface area (Å²) in [5.74, 6) is -0.496. The summed E-state index contributed by atoms with van der Waals surface area (Å²) in [4.78, 5) is 22.6. The second kappa shape index (κ2) is 5.85. The van der Waals surface area contributed by atoms with Gasteiger partial charge in [-0.1, -0.05) is 36.4 Å². The molecule has 0 unspecified atom stereocenters. The van der Waals surface area contributed by atoms with Gasteiger partial charge < -0.3 is 4.74 Å². The quantitative estimate of drug-likeness (QED) is 0.338. The summed E-state index contributed by atoms with van der Waals surface area (Å²) in [6.07, 6.45) is 1.66. The molecule has 0 heterocycles. The highest BCUT2D eigenvalue weighted by atomic mass is 18.1. The summed E-state index contributed by atoms with van der Waals surface area (Å²) in [6, 6.07) is 8.91. The predicted octanol–water partition coefficient (Wildman–Crippen LogP) is 2.38. The van der Waals surface area contributed by atoms with Crippen LogP contribution in [0.5, 0.6) is 0 Å². The Kier molecular flexibility index (Phi) is 4.45. The van der Waals surface area contributed by atoms with Gasteiger partial charge in [0.25, 0.3) is 0 Å². The van der Waals surface area contributed by atoms with Crippen molar-refractivity contribution in [3.63, 3.8) is 0 Å². The van der Waals surface area contributed by atoms with Crippen molar-refractivity contribution in [2.24, 2.45) is 0 Å². The van der Waals surface area contributed by atoms with Gasteiger partial charge in [0, 0.05) is 18.1 Å². The zero-order chi connectivity index (χ0) is 12.0. The lowest BCUT2D eigenvalue weighted by Gasteiger charge is -2.06. The van der Waals surface area contributed by atoms with Gasteiger partial charge in [-0.3, -0.25) is 9.59 Å². The molecular formula is C13H14O3. The molecule has 0 saturated heterocycles. The number of hydrogen-bond acceptors (Lipinski definition) is 3. The van der Waals surface area contributed by atoms with Crippen molar-refractivity contribution >= 4 is 11.8 Å². The number of Topliss-reactive ketones (excluding diaryl/α,β-unsaturated/α-hetero) is 1. The summed E-state index contributed by atoms with van der Waals surface area (Å²) in [5, 5.41) is 0. The van der Waals surface area contributed by atoms with Gasteiger partial charge in [0.2, 0.25) is 0 Å². The second-order valence-electron chi connectivity index (χ2n) is 3.29. The van der Waals surface area contributed by atoms with Crippen molar-refractivity contribution in [3.8, 4) is 0 Å². The molecule has 0 saturated carbocycles. The Morgan fingerprint density at radius 2 is 2.00 bits per heavy atom. The Bertz CT molecular complexity index is 404. The van der Waals surface area contributed by atoms with Crippen LogP contribution in [0.3, 0.4) is 0 Å². The van der Waals surface area contributed by atoms with Gasteiger partial charge in [0.1, 0.15) is 6.61 Å². The van der Waals surface area contributed by atoms with Crippen LogP contribution in [0, 0.1) is 0 Å². The van der Waals surface area contributed by atoms with Crippen LogP contribution >= 0.6 is 0 Å². The van der Waals surface area contributed by atoms with E-state index in [4.69, 9.17) is 4.74 Å². The smallest absolute Gasteiger partial charge is 0.302 e. The highest BCUT2D eigenvalue weighted by Gasteiger charge is 2.11. The number of ketones is 1. The van der Waals surface area contributed by atoms with E-state index in [1.54, 1.807) is 37.3 Å². The number of carbonyl (C=O) groups is 2. The highest BCUT2D eigenvalue weighted by molar-refractivity contribution is 6.08. The van der Waals surface area contributed by atoms with Gasteiger partial charge in [-0.2, -0.15) is 0 Å². The maximum atomic E-state index is 11.9. The standard InChI is InChI=1S/C13H14O3/c1-3-11(9-16-10(2)14)13(15)12-7-5-4-6-8-12/h3-8H,9H2,1-2H3/b11-3+/i14+2. The van der Waals surface area contributed by atoms with Gasteiger partial charge >= 0.3 is 5.97 Å². The van der Waals surface area contributed by atoms with E-state index in [9.17, 15) is 9.59 Å². The minimum Gasteiger partial charge on any atom is -0.461 e. The fourth-order valence-electron chi connectivity index (χ4n) is 1.23. The SMILES string of the molecule is C/C=C(\COC(C)=[18O])C(=O)c1ccccc1. The Balaban J connectivity index is 2.75. The number of benzene rings is 1. The van der Waals surface area contributed by atoms with Gasteiger partial charge in [0.15, 0.2) is 5.78 Å². The predicted molar refractivity (Wildman–Crippen MR) is 61.2 cm³/mol. The number of ether oxygens (including phenoxy) is 1. The van der Waals surface area contributed by atoms with Crippen molar-refractivity contribution in [2.75, 3.05) is 6.61 Å². The topological polar surface area (TPSA) is 43.4 Å². The lowest BCUT2D eigenvalue weighted by atomic mass is 10.0. The summed E-state index contributed by atoms with van der Waals surface area (Å²) < 4.78 is 4.81. The summed E-state index contributed by atoms with van der Waals surface area (Å²) in [5.41, 5.74) is 1.09. The van der Waals surface area contributed by atoms with Crippen molar-refractivity contribution < 1.29 is 14.3 Å². The number of allylic oxidation sites excluding steroid dienone is 1. The third-order valence-electron chi connectivity index (χ3n) is 2.11. The summed E-state index contributed by atoms with van der Waals surface area (Å²) in [6.45, 7) is 3.10. The lowest BCUT2D eigenvalue weighted by Crippen LogP contribution is -2.11. The van der Waals surface area contributed by atoms with Crippen LogP contribution in [0.15, 0.2) is 42.0 Å². The van der Waals surface area contributed by atoms with E-state index in [0.29, 0.717) is 11.1 Å². The van der Waals surface area contributed by atoms with E-state index in [2.05, 4.69) is 0 Å². The number of esters is 1.